The lowest BCUT2D eigenvalue weighted by Gasteiger charge is -2.38. The molecular weight excluding hydrogens is 262 g/mol. The molecule has 0 saturated carbocycles. The standard InChI is InChI=1S/C17H33N3O/c1-3-19(4-2)16-9-12-20(13-10-16)17(21)8-7-15-6-5-11-18-14-15/h15-16,18H,3-14H2,1-2H3. The summed E-state index contributed by atoms with van der Waals surface area (Å²) in [5.74, 6) is 1.11. The second-order valence-corrected chi connectivity index (χ2v) is 6.58. The van der Waals surface area contributed by atoms with E-state index in [1.54, 1.807) is 0 Å². The van der Waals surface area contributed by atoms with E-state index in [0.717, 1.165) is 70.9 Å². The van der Waals surface area contributed by atoms with E-state index in [0.29, 0.717) is 11.9 Å². The number of nitrogens with zero attached hydrogens (tertiary/aromatic N) is 2. The van der Waals surface area contributed by atoms with Crippen LogP contribution in [0.1, 0.15) is 52.4 Å². The third-order valence-corrected chi connectivity index (χ3v) is 5.31. The minimum atomic E-state index is 0.388. The van der Waals surface area contributed by atoms with Gasteiger partial charge in [-0.1, -0.05) is 13.8 Å². The van der Waals surface area contributed by atoms with Crippen LogP contribution in [0, 0.1) is 5.92 Å². The van der Waals surface area contributed by atoms with E-state index < -0.39 is 0 Å². The Bertz CT molecular complexity index is 303. The fraction of sp³-hybridized carbons (Fsp3) is 0.941. The second-order valence-electron chi connectivity index (χ2n) is 6.58. The first-order valence-corrected chi connectivity index (χ1v) is 8.97. The Balaban J connectivity index is 1.67. The zero-order chi connectivity index (χ0) is 15.1. The summed E-state index contributed by atoms with van der Waals surface area (Å²) in [6.45, 7) is 10.9. The van der Waals surface area contributed by atoms with Crippen LogP contribution in [0.5, 0.6) is 0 Å². The maximum atomic E-state index is 12.3. The summed E-state index contributed by atoms with van der Waals surface area (Å²) in [5, 5.41) is 3.44. The Morgan fingerprint density at radius 1 is 1.19 bits per heavy atom. The van der Waals surface area contributed by atoms with Crippen molar-refractivity contribution in [2.24, 2.45) is 5.92 Å². The molecule has 2 heterocycles. The van der Waals surface area contributed by atoms with Gasteiger partial charge < -0.3 is 15.1 Å². The van der Waals surface area contributed by atoms with Crippen molar-refractivity contribution in [3.63, 3.8) is 0 Å². The Kier molecular flexibility index (Phi) is 6.97. The minimum absolute atomic E-state index is 0.388. The van der Waals surface area contributed by atoms with Gasteiger partial charge in [-0.15, -0.1) is 0 Å². The lowest BCUT2D eigenvalue weighted by molar-refractivity contribution is -0.133. The summed E-state index contributed by atoms with van der Waals surface area (Å²) < 4.78 is 0. The quantitative estimate of drug-likeness (QED) is 0.815. The van der Waals surface area contributed by atoms with Crippen molar-refractivity contribution in [3.8, 4) is 0 Å². The van der Waals surface area contributed by atoms with E-state index in [4.69, 9.17) is 0 Å². The molecule has 2 saturated heterocycles. The highest BCUT2D eigenvalue weighted by Gasteiger charge is 2.25. The molecule has 0 aromatic heterocycles. The molecule has 4 nitrogen and oxygen atoms in total. The molecule has 0 aromatic carbocycles. The fourth-order valence-electron chi connectivity index (χ4n) is 3.88. The number of carbonyl (C=O) groups excluding carboxylic acids is 1. The number of hydrogen-bond donors (Lipinski definition) is 1. The van der Waals surface area contributed by atoms with Crippen molar-refractivity contribution < 1.29 is 4.79 Å². The van der Waals surface area contributed by atoms with Gasteiger partial charge >= 0.3 is 0 Å². The van der Waals surface area contributed by atoms with Crippen molar-refractivity contribution in [1.29, 1.82) is 0 Å². The molecule has 2 aliphatic rings. The number of piperidine rings is 2. The van der Waals surface area contributed by atoms with Crippen molar-refractivity contribution >= 4 is 5.91 Å². The van der Waals surface area contributed by atoms with E-state index in [1.165, 1.54) is 12.8 Å². The Labute approximate surface area is 130 Å². The third kappa shape index (κ3) is 4.96. The van der Waals surface area contributed by atoms with E-state index in [9.17, 15) is 4.79 Å². The fourth-order valence-corrected chi connectivity index (χ4v) is 3.88. The molecule has 2 fully saturated rings. The summed E-state index contributed by atoms with van der Waals surface area (Å²) in [5.41, 5.74) is 0. The maximum Gasteiger partial charge on any atom is 0.222 e. The van der Waals surface area contributed by atoms with E-state index in [2.05, 4.69) is 29.0 Å². The number of amides is 1. The number of likely N-dealkylation sites (tertiary alicyclic amines) is 1. The highest BCUT2D eigenvalue weighted by Crippen LogP contribution is 2.20. The highest BCUT2D eigenvalue weighted by molar-refractivity contribution is 5.76. The Morgan fingerprint density at radius 2 is 1.90 bits per heavy atom. The van der Waals surface area contributed by atoms with Gasteiger partial charge in [0.25, 0.3) is 0 Å². The number of hydrogen-bond acceptors (Lipinski definition) is 3. The van der Waals surface area contributed by atoms with E-state index in [1.807, 2.05) is 0 Å². The van der Waals surface area contributed by atoms with Crippen LogP contribution < -0.4 is 5.32 Å². The lowest BCUT2D eigenvalue weighted by atomic mass is 9.94. The van der Waals surface area contributed by atoms with Crippen molar-refractivity contribution in [1.82, 2.24) is 15.1 Å². The molecule has 122 valence electrons. The molecule has 0 radical (unpaired) electrons. The molecule has 4 heteroatoms. The van der Waals surface area contributed by atoms with Crippen LogP contribution in [0.4, 0.5) is 0 Å². The molecular formula is C17H33N3O. The summed E-state index contributed by atoms with van der Waals surface area (Å²) in [6, 6.07) is 0.687. The SMILES string of the molecule is CCN(CC)C1CCN(C(=O)CCC2CCCNC2)CC1. The van der Waals surface area contributed by atoms with E-state index in [-0.39, 0.29) is 0 Å². The molecule has 1 N–H and O–H groups in total. The predicted molar refractivity (Wildman–Crippen MR) is 87.4 cm³/mol. The summed E-state index contributed by atoms with van der Waals surface area (Å²) in [7, 11) is 0. The average Bonchev–Trinajstić information content (AvgIpc) is 2.55. The number of rotatable bonds is 6. The van der Waals surface area contributed by atoms with Gasteiger partial charge in [-0.2, -0.15) is 0 Å². The number of nitrogens with one attached hydrogen (secondary N) is 1. The van der Waals surface area contributed by atoms with Crippen LogP contribution in [0.2, 0.25) is 0 Å². The largest absolute Gasteiger partial charge is 0.343 e. The molecule has 0 aromatic rings. The molecule has 2 aliphatic heterocycles. The second kappa shape index (κ2) is 8.74. The van der Waals surface area contributed by atoms with E-state index >= 15 is 0 Å². The van der Waals surface area contributed by atoms with Gasteiger partial charge in [0, 0.05) is 25.6 Å². The molecule has 0 bridgehead atoms. The monoisotopic (exact) mass is 295 g/mol. The normalized spacial score (nSPS) is 24.5. The van der Waals surface area contributed by atoms with Gasteiger partial charge in [-0.25, -0.2) is 0 Å². The van der Waals surface area contributed by atoms with Crippen molar-refractivity contribution in [2.45, 2.75) is 58.4 Å². The van der Waals surface area contributed by atoms with Crippen LogP contribution in [0.3, 0.4) is 0 Å². The minimum Gasteiger partial charge on any atom is -0.343 e. The first-order valence-electron chi connectivity index (χ1n) is 8.97. The molecule has 0 aliphatic carbocycles. The Morgan fingerprint density at radius 3 is 2.48 bits per heavy atom. The van der Waals surface area contributed by atoms with Crippen LogP contribution in [0.25, 0.3) is 0 Å². The van der Waals surface area contributed by atoms with Crippen LogP contribution >= 0.6 is 0 Å². The smallest absolute Gasteiger partial charge is 0.222 e. The van der Waals surface area contributed by atoms with Crippen molar-refractivity contribution in [2.75, 3.05) is 39.3 Å². The molecule has 1 unspecified atom stereocenters. The van der Waals surface area contributed by atoms with Crippen LogP contribution in [-0.2, 0) is 4.79 Å². The molecule has 1 amide bonds. The first-order chi connectivity index (χ1) is 10.2. The van der Waals surface area contributed by atoms with Gasteiger partial charge in [-0.3, -0.25) is 4.79 Å². The first kappa shape index (κ1) is 16.8. The lowest BCUT2D eigenvalue weighted by Crippen LogP contribution is -2.46. The molecule has 2 rings (SSSR count). The predicted octanol–water partition coefficient (Wildman–Crippen LogP) is 2.10. The average molecular weight is 295 g/mol. The summed E-state index contributed by atoms with van der Waals surface area (Å²) >= 11 is 0. The van der Waals surface area contributed by atoms with Gasteiger partial charge in [0.05, 0.1) is 0 Å². The topological polar surface area (TPSA) is 35.6 Å². The summed E-state index contributed by atoms with van der Waals surface area (Å²) in [6.07, 6.45) is 6.69. The number of carbonyl (C=O) groups is 1. The van der Waals surface area contributed by atoms with Gasteiger partial charge in [0.1, 0.15) is 0 Å². The highest BCUT2D eigenvalue weighted by atomic mass is 16.2. The van der Waals surface area contributed by atoms with Gasteiger partial charge in [0.15, 0.2) is 0 Å². The third-order valence-electron chi connectivity index (χ3n) is 5.31. The zero-order valence-electron chi connectivity index (χ0n) is 13.9. The zero-order valence-corrected chi connectivity index (χ0v) is 13.9. The van der Waals surface area contributed by atoms with Crippen molar-refractivity contribution in [3.05, 3.63) is 0 Å². The molecule has 1 atom stereocenters. The maximum absolute atomic E-state index is 12.3. The summed E-state index contributed by atoms with van der Waals surface area (Å²) in [4.78, 5) is 17.0. The van der Waals surface area contributed by atoms with Gasteiger partial charge in [-0.05, 0) is 64.2 Å². The van der Waals surface area contributed by atoms with Crippen LogP contribution in [-0.4, -0.2) is 61.0 Å². The van der Waals surface area contributed by atoms with Crippen LogP contribution in [0.15, 0.2) is 0 Å². The van der Waals surface area contributed by atoms with Gasteiger partial charge in [0.2, 0.25) is 5.91 Å². The molecule has 0 spiro atoms. The molecule has 21 heavy (non-hydrogen) atoms. The Hall–Kier alpha value is -0.610.